The van der Waals surface area contributed by atoms with Crippen molar-refractivity contribution in [3.8, 4) is 5.69 Å². The molecule has 0 spiro atoms. The average Bonchev–Trinajstić information content (AvgIpc) is 3.16. The Labute approximate surface area is 131 Å². The summed E-state index contributed by atoms with van der Waals surface area (Å²) in [4.78, 5) is 0. The molecule has 2 atom stereocenters. The smallest absolute Gasteiger partial charge is 0.151 e. The molecule has 0 bridgehead atoms. The number of nitrogens with one attached hydrogen (secondary N) is 1. The molecule has 1 aliphatic carbocycles. The second kappa shape index (κ2) is 6.22. The second-order valence-electron chi connectivity index (χ2n) is 5.90. The van der Waals surface area contributed by atoms with Gasteiger partial charge in [-0.15, -0.1) is 0 Å². The van der Waals surface area contributed by atoms with Crippen LogP contribution in [0.2, 0.25) is 0 Å². The van der Waals surface area contributed by atoms with Gasteiger partial charge >= 0.3 is 0 Å². The van der Waals surface area contributed by atoms with Gasteiger partial charge in [0.1, 0.15) is 0 Å². The summed E-state index contributed by atoms with van der Waals surface area (Å²) in [7, 11) is -2.97. The lowest BCUT2D eigenvalue weighted by molar-refractivity contribution is 0.507. The Morgan fingerprint density at radius 1 is 1.27 bits per heavy atom. The van der Waals surface area contributed by atoms with Crippen LogP contribution < -0.4 is 5.32 Å². The quantitative estimate of drug-likeness (QED) is 0.914. The first-order valence-corrected chi connectivity index (χ1v) is 9.51. The zero-order valence-corrected chi connectivity index (χ0v) is 13.5. The highest BCUT2D eigenvalue weighted by atomic mass is 32.2. The fourth-order valence-electron chi connectivity index (χ4n) is 3.11. The third-order valence-electron chi connectivity index (χ3n) is 4.28. The number of rotatable bonds is 5. The van der Waals surface area contributed by atoms with Gasteiger partial charge in [0, 0.05) is 31.2 Å². The van der Waals surface area contributed by atoms with Crippen LogP contribution in [0, 0.1) is 0 Å². The summed E-state index contributed by atoms with van der Waals surface area (Å²) >= 11 is 0. The fourth-order valence-corrected chi connectivity index (χ4v) is 4.53. The molecule has 22 heavy (non-hydrogen) atoms. The summed E-state index contributed by atoms with van der Waals surface area (Å²) in [5.74, 6) is 0. The Kier molecular flexibility index (Phi) is 4.31. The molecule has 0 aliphatic heterocycles. The third-order valence-corrected chi connectivity index (χ3v) is 5.94. The van der Waals surface area contributed by atoms with Gasteiger partial charge in [0.2, 0.25) is 0 Å². The van der Waals surface area contributed by atoms with E-state index >= 15 is 0 Å². The van der Waals surface area contributed by atoms with Gasteiger partial charge in [0.25, 0.3) is 0 Å². The van der Waals surface area contributed by atoms with E-state index in [4.69, 9.17) is 0 Å². The van der Waals surface area contributed by atoms with Crippen LogP contribution in [-0.2, 0) is 16.4 Å². The highest BCUT2D eigenvalue weighted by Gasteiger charge is 2.34. The Morgan fingerprint density at radius 3 is 2.68 bits per heavy atom. The number of aromatic nitrogens is 2. The maximum absolute atomic E-state index is 11.8. The van der Waals surface area contributed by atoms with Crippen LogP contribution in [0.25, 0.3) is 5.69 Å². The van der Waals surface area contributed by atoms with Crippen LogP contribution in [0.1, 0.15) is 24.8 Å². The molecule has 0 saturated heterocycles. The number of hydrogen-bond donors (Lipinski definition) is 1. The van der Waals surface area contributed by atoms with Crippen molar-refractivity contribution in [1.82, 2.24) is 15.1 Å². The van der Waals surface area contributed by atoms with Gasteiger partial charge in [-0.1, -0.05) is 18.6 Å². The van der Waals surface area contributed by atoms with Crippen molar-refractivity contribution >= 4 is 9.84 Å². The van der Waals surface area contributed by atoms with Crippen molar-refractivity contribution in [3.63, 3.8) is 0 Å². The molecule has 0 radical (unpaired) electrons. The Morgan fingerprint density at radius 2 is 2.05 bits per heavy atom. The first-order valence-electron chi connectivity index (χ1n) is 7.55. The van der Waals surface area contributed by atoms with Crippen LogP contribution in [-0.4, -0.2) is 35.7 Å². The van der Waals surface area contributed by atoms with Crippen molar-refractivity contribution in [2.45, 2.75) is 37.1 Å². The molecule has 2 aromatic rings. The summed E-state index contributed by atoms with van der Waals surface area (Å²) in [5.41, 5.74) is 2.17. The lowest BCUT2D eigenvalue weighted by Crippen LogP contribution is -2.39. The van der Waals surface area contributed by atoms with Gasteiger partial charge in [-0.3, -0.25) is 0 Å². The van der Waals surface area contributed by atoms with Crippen LogP contribution in [0.15, 0.2) is 42.7 Å². The molecule has 118 valence electrons. The number of benzene rings is 1. The van der Waals surface area contributed by atoms with Gasteiger partial charge < -0.3 is 5.32 Å². The van der Waals surface area contributed by atoms with E-state index in [0.717, 1.165) is 30.5 Å². The number of sulfone groups is 1. The van der Waals surface area contributed by atoms with Crippen LogP contribution in [0.4, 0.5) is 0 Å². The average molecular weight is 319 g/mol. The van der Waals surface area contributed by atoms with E-state index in [1.54, 1.807) is 6.20 Å². The normalized spacial score (nSPS) is 22.0. The first kappa shape index (κ1) is 15.2. The first-order chi connectivity index (χ1) is 10.5. The number of nitrogens with zero attached hydrogens (tertiary/aromatic N) is 2. The van der Waals surface area contributed by atoms with E-state index < -0.39 is 9.84 Å². The van der Waals surface area contributed by atoms with Gasteiger partial charge in [0.15, 0.2) is 9.84 Å². The van der Waals surface area contributed by atoms with Crippen molar-refractivity contribution in [3.05, 3.63) is 48.3 Å². The van der Waals surface area contributed by atoms with Gasteiger partial charge in [-0.25, -0.2) is 13.1 Å². The predicted molar refractivity (Wildman–Crippen MR) is 86.7 cm³/mol. The largest absolute Gasteiger partial charge is 0.309 e. The van der Waals surface area contributed by atoms with E-state index in [-0.39, 0.29) is 11.3 Å². The molecular weight excluding hydrogens is 298 g/mol. The molecule has 1 heterocycles. The summed E-state index contributed by atoms with van der Waals surface area (Å²) in [6.07, 6.45) is 7.69. The molecule has 0 amide bonds. The molecule has 1 fully saturated rings. The van der Waals surface area contributed by atoms with Crippen LogP contribution in [0.3, 0.4) is 0 Å². The van der Waals surface area contributed by atoms with Crippen molar-refractivity contribution in [2.75, 3.05) is 6.26 Å². The molecule has 0 unspecified atom stereocenters. The maximum atomic E-state index is 11.8. The zero-order valence-electron chi connectivity index (χ0n) is 12.6. The van der Waals surface area contributed by atoms with Gasteiger partial charge in [-0.05, 0) is 36.6 Å². The van der Waals surface area contributed by atoms with Crippen LogP contribution >= 0.6 is 0 Å². The summed E-state index contributed by atoms with van der Waals surface area (Å²) in [5, 5.41) is 7.36. The van der Waals surface area contributed by atoms with E-state index in [9.17, 15) is 8.42 Å². The third kappa shape index (κ3) is 3.39. The lowest BCUT2D eigenvalue weighted by atomic mass is 10.2. The maximum Gasteiger partial charge on any atom is 0.151 e. The SMILES string of the molecule is CS(=O)(=O)[C@@H]1CCC[C@@H]1NCc1ccc(-n2cccn2)cc1. The van der Waals surface area contributed by atoms with Gasteiger partial charge in [0.05, 0.1) is 10.9 Å². The van der Waals surface area contributed by atoms with E-state index in [2.05, 4.69) is 22.5 Å². The highest BCUT2D eigenvalue weighted by molar-refractivity contribution is 7.91. The van der Waals surface area contributed by atoms with Crippen molar-refractivity contribution in [2.24, 2.45) is 0 Å². The topological polar surface area (TPSA) is 64.0 Å². The highest BCUT2D eigenvalue weighted by Crippen LogP contribution is 2.25. The van der Waals surface area contributed by atoms with Crippen LogP contribution in [0.5, 0.6) is 0 Å². The minimum absolute atomic E-state index is 0.0702. The van der Waals surface area contributed by atoms with E-state index in [1.165, 1.54) is 6.26 Å². The number of hydrogen-bond acceptors (Lipinski definition) is 4. The molecule has 1 saturated carbocycles. The summed E-state index contributed by atoms with van der Waals surface area (Å²) in [6.45, 7) is 0.691. The lowest BCUT2D eigenvalue weighted by Gasteiger charge is -2.19. The summed E-state index contributed by atoms with van der Waals surface area (Å²) < 4.78 is 25.4. The molecular formula is C16H21N3O2S. The minimum atomic E-state index is -2.97. The standard InChI is InChI=1S/C16H21N3O2S/c1-22(20,21)16-5-2-4-15(16)17-12-13-6-8-14(9-7-13)19-11-3-10-18-19/h3,6-11,15-17H,2,4-5,12H2,1H3/t15-,16+/m0/s1. The molecule has 1 aromatic carbocycles. The zero-order chi connectivity index (χ0) is 15.6. The minimum Gasteiger partial charge on any atom is -0.309 e. The monoisotopic (exact) mass is 319 g/mol. The molecule has 1 N–H and O–H groups in total. The molecule has 5 nitrogen and oxygen atoms in total. The molecule has 6 heteroatoms. The van der Waals surface area contributed by atoms with E-state index in [1.807, 2.05) is 29.1 Å². The Balaban J connectivity index is 1.62. The van der Waals surface area contributed by atoms with Gasteiger partial charge in [-0.2, -0.15) is 5.10 Å². The molecule has 3 rings (SSSR count). The molecule has 1 aliphatic rings. The van der Waals surface area contributed by atoms with Crippen molar-refractivity contribution < 1.29 is 8.42 Å². The Hall–Kier alpha value is -1.66. The summed E-state index contributed by atoms with van der Waals surface area (Å²) in [6, 6.07) is 10.1. The fraction of sp³-hybridized carbons (Fsp3) is 0.438. The second-order valence-corrected chi connectivity index (χ2v) is 8.17. The molecule has 1 aromatic heterocycles. The van der Waals surface area contributed by atoms with E-state index in [0.29, 0.717) is 6.54 Å². The predicted octanol–water partition coefficient (Wildman–Crippen LogP) is 1.93. The van der Waals surface area contributed by atoms with Crippen molar-refractivity contribution in [1.29, 1.82) is 0 Å². The Bertz CT molecular complexity index is 708.